The predicted octanol–water partition coefficient (Wildman–Crippen LogP) is 3.64. The minimum absolute atomic E-state index is 0.0203. The number of ether oxygens (including phenoxy) is 1. The molecule has 1 aliphatic heterocycles. The van der Waals surface area contributed by atoms with Crippen LogP contribution in [0.4, 0.5) is 10.5 Å². The Balaban J connectivity index is 1.73. The summed E-state index contributed by atoms with van der Waals surface area (Å²) in [4.78, 5) is 22.0. The fraction of sp³-hybridized carbons (Fsp3) is 0.250. The van der Waals surface area contributed by atoms with Gasteiger partial charge in [0, 0.05) is 11.3 Å². The van der Waals surface area contributed by atoms with Crippen molar-refractivity contribution in [3.63, 3.8) is 0 Å². The van der Waals surface area contributed by atoms with Crippen LogP contribution in [0.5, 0.6) is 0 Å². The summed E-state index contributed by atoms with van der Waals surface area (Å²) in [5.74, 6) is 0.601. The van der Waals surface area contributed by atoms with Gasteiger partial charge >= 0.3 is 6.09 Å². The van der Waals surface area contributed by atoms with E-state index in [9.17, 15) is 9.90 Å². The molecule has 0 unspecified atom stereocenters. The number of thiophene rings is 1. The maximum atomic E-state index is 11.4. The molecule has 2 N–H and O–H groups in total. The summed E-state index contributed by atoms with van der Waals surface area (Å²) < 4.78 is 6.48. The van der Waals surface area contributed by atoms with Crippen LogP contribution in [-0.4, -0.2) is 52.6 Å². The summed E-state index contributed by atoms with van der Waals surface area (Å²) in [5.41, 5.74) is 4.30. The van der Waals surface area contributed by atoms with Crippen molar-refractivity contribution in [1.82, 2.24) is 9.97 Å². The topological polar surface area (TPSA) is 95.8 Å². The van der Waals surface area contributed by atoms with Crippen LogP contribution in [0, 0.1) is 0 Å². The number of hydrogen-bond acceptors (Lipinski definition) is 6. The second-order valence-corrected chi connectivity index (χ2v) is 7.21. The van der Waals surface area contributed by atoms with Crippen LogP contribution in [-0.2, 0) is 4.74 Å². The highest BCUT2D eigenvalue weighted by Crippen LogP contribution is 2.32. The molecular formula is C20H19N3O4S. The number of fused-ring (bicyclic) bond motifs is 1. The van der Waals surface area contributed by atoms with E-state index in [0.717, 1.165) is 32.8 Å². The van der Waals surface area contributed by atoms with Gasteiger partial charge in [-0.25, -0.2) is 14.8 Å². The first-order valence-corrected chi connectivity index (χ1v) is 9.79. The van der Waals surface area contributed by atoms with Gasteiger partial charge in [-0.3, -0.25) is 4.90 Å². The molecule has 1 aliphatic rings. The molecule has 3 heterocycles. The maximum Gasteiger partial charge on any atom is 0.411 e. The molecule has 0 saturated heterocycles. The number of aromatic nitrogens is 2. The quantitative estimate of drug-likeness (QED) is 0.682. The third-order valence-corrected chi connectivity index (χ3v) is 5.47. The highest BCUT2D eigenvalue weighted by atomic mass is 32.1. The van der Waals surface area contributed by atoms with E-state index in [1.807, 2.05) is 11.4 Å². The predicted molar refractivity (Wildman–Crippen MR) is 109 cm³/mol. The average molecular weight is 397 g/mol. The third kappa shape index (κ3) is 3.62. The van der Waals surface area contributed by atoms with Gasteiger partial charge in [0.05, 0.1) is 42.3 Å². The molecule has 0 radical (unpaired) electrons. The summed E-state index contributed by atoms with van der Waals surface area (Å²) in [7, 11) is 0. The Hall–Kier alpha value is -2.81. The van der Waals surface area contributed by atoms with Crippen molar-refractivity contribution in [1.29, 1.82) is 0 Å². The zero-order valence-corrected chi connectivity index (χ0v) is 15.9. The molecule has 0 saturated carbocycles. The lowest BCUT2D eigenvalue weighted by Gasteiger charge is -2.18. The molecular weight excluding hydrogens is 378 g/mol. The summed E-state index contributed by atoms with van der Waals surface area (Å²) in [6, 6.07) is 8.99. The van der Waals surface area contributed by atoms with E-state index < -0.39 is 6.09 Å². The van der Waals surface area contributed by atoms with Gasteiger partial charge in [-0.15, -0.1) is 11.3 Å². The van der Waals surface area contributed by atoms with Gasteiger partial charge in [0.15, 0.2) is 5.82 Å². The number of hydrogen-bond donors (Lipinski definition) is 2. The number of carbonyl (C=O) groups is 1. The van der Waals surface area contributed by atoms with Gasteiger partial charge in [0.2, 0.25) is 0 Å². The number of rotatable bonds is 5. The van der Waals surface area contributed by atoms with E-state index >= 15 is 0 Å². The maximum absolute atomic E-state index is 11.4. The number of aliphatic hydroxyl groups excluding tert-OH is 1. The molecule has 0 fully saturated rings. The molecule has 3 aromatic rings. The van der Waals surface area contributed by atoms with Crippen LogP contribution in [0.25, 0.3) is 27.2 Å². The third-order valence-electron chi connectivity index (χ3n) is 4.56. The number of carboxylic acid groups (broad SMARTS) is 1. The minimum Gasteiger partial charge on any atom is -0.465 e. The molecule has 1 amide bonds. The Bertz CT molecular complexity index is 1030. The number of amides is 1. The van der Waals surface area contributed by atoms with Gasteiger partial charge in [-0.2, -0.15) is 0 Å². The van der Waals surface area contributed by atoms with Crippen LogP contribution in [0.1, 0.15) is 12.1 Å². The molecule has 144 valence electrons. The lowest BCUT2D eigenvalue weighted by atomic mass is 10.1. The van der Waals surface area contributed by atoms with Crippen LogP contribution in [0.2, 0.25) is 0 Å². The van der Waals surface area contributed by atoms with E-state index in [1.165, 1.54) is 5.57 Å². The number of nitrogens with zero attached hydrogens (tertiary/aromatic N) is 3. The number of benzene rings is 1. The van der Waals surface area contributed by atoms with Crippen molar-refractivity contribution in [3.05, 3.63) is 47.5 Å². The first-order valence-electron chi connectivity index (χ1n) is 8.91. The van der Waals surface area contributed by atoms with Crippen LogP contribution >= 0.6 is 11.3 Å². The fourth-order valence-corrected chi connectivity index (χ4v) is 4.03. The Labute approximate surface area is 165 Å². The Kier molecular flexibility index (Phi) is 5.34. The second-order valence-electron chi connectivity index (χ2n) is 6.29. The normalized spacial score (nSPS) is 14.1. The Morgan fingerprint density at radius 3 is 2.71 bits per heavy atom. The van der Waals surface area contributed by atoms with Crippen molar-refractivity contribution in [2.24, 2.45) is 0 Å². The summed E-state index contributed by atoms with van der Waals surface area (Å²) >= 11 is 1.62. The second kappa shape index (κ2) is 8.05. The highest BCUT2D eigenvalue weighted by Gasteiger charge is 2.17. The van der Waals surface area contributed by atoms with Gasteiger partial charge < -0.3 is 14.9 Å². The first-order chi connectivity index (χ1) is 13.7. The van der Waals surface area contributed by atoms with E-state index in [4.69, 9.17) is 14.8 Å². The Morgan fingerprint density at radius 1 is 1.21 bits per heavy atom. The highest BCUT2D eigenvalue weighted by molar-refractivity contribution is 7.17. The number of anilines is 1. The van der Waals surface area contributed by atoms with Crippen molar-refractivity contribution in [3.8, 4) is 11.4 Å². The smallest absolute Gasteiger partial charge is 0.411 e. The van der Waals surface area contributed by atoms with Gasteiger partial charge in [-0.05, 0) is 47.7 Å². The Morgan fingerprint density at radius 2 is 2.04 bits per heavy atom. The SMILES string of the molecule is O=C(O)N(CCO)c1ccc(-c2nc(C3=CCOCC3)c3sccc3n2)cc1. The minimum atomic E-state index is -1.11. The lowest BCUT2D eigenvalue weighted by Crippen LogP contribution is -2.31. The molecule has 0 atom stereocenters. The van der Waals surface area contributed by atoms with Gasteiger partial charge in [0.25, 0.3) is 0 Å². The molecule has 8 heteroatoms. The lowest BCUT2D eigenvalue weighted by molar-refractivity contribution is 0.161. The summed E-state index contributed by atoms with van der Waals surface area (Å²) in [6.07, 6.45) is 1.78. The summed E-state index contributed by atoms with van der Waals surface area (Å²) in [6.45, 7) is 1.05. The molecule has 28 heavy (non-hydrogen) atoms. The van der Waals surface area contributed by atoms with Crippen molar-refractivity contribution in [2.75, 3.05) is 31.3 Å². The average Bonchev–Trinajstić information content (AvgIpc) is 3.20. The standard InChI is InChI=1S/C20H19N3O4S/c24-9-8-23(20(25)26)15-3-1-14(2-4-15)19-21-16-7-12-28-18(16)17(22-19)13-5-10-27-11-6-13/h1-5,7,12,24H,6,8-11H2,(H,25,26). The van der Waals surface area contributed by atoms with E-state index in [2.05, 4.69) is 11.1 Å². The van der Waals surface area contributed by atoms with E-state index in [-0.39, 0.29) is 13.2 Å². The molecule has 2 aromatic heterocycles. The molecule has 0 aliphatic carbocycles. The molecule has 1 aromatic carbocycles. The summed E-state index contributed by atoms with van der Waals surface area (Å²) in [5, 5.41) is 20.4. The van der Waals surface area contributed by atoms with Crippen LogP contribution < -0.4 is 4.90 Å². The molecule has 4 rings (SSSR count). The zero-order chi connectivity index (χ0) is 19.5. The van der Waals surface area contributed by atoms with Crippen LogP contribution in [0.15, 0.2) is 41.8 Å². The molecule has 7 nitrogen and oxygen atoms in total. The van der Waals surface area contributed by atoms with E-state index in [1.54, 1.807) is 35.6 Å². The fourth-order valence-electron chi connectivity index (χ4n) is 3.18. The largest absolute Gasteiger partial charge is 0.465 e. The molecule has 0 bridgehead atoms. The zero-order valence-electron chi connectivity index (χ0n) is 15.0. The monoisotopic (exact) mass is 397 g/mol. The van der Waals surface area contributed by atoms with E-state index in [0.29, 0.717) is 24.7 Å². The van der Waals surface area contributed by atoms with Crippen molar-refractivity contribution < 1.29 is 19.7 Å². The van der Waals surface area contributed by atoms with Gasteiger partial charge in [0.1, 0.15) is 0 Å². The van der Waals surface area contributed by atoms with Crippen LogP contribution in [0.3, 0.4) is 0 Å². The van der Waals surface area contributed by atoms with Crippen molar-refractivity contribution in [2.45, 2.75) is 6.42 Å². The first kappa shape index (κ1) is 18.5. The van der Waals surface area contributed by atoms with Gasteiger partial charge in [-0.1, -0.05) is 6.08 Å². The number of aliphatic hydroxyl groups is 1. The van der Waals surface area contributed by atoms with Crippen molar-refractivity contribution >= 4 is 38.9 Å². The molecule has 0 spiro atoms.